The van der Waals surface area contributed by atoms with Gasteiger partial charge in [-0.3, -0.25) is 4.99 Å². The fourth-order valence-corrected chi connectivity index (χ4v) is 3.15. The molecule has 0 aromatic carbocycles. The van der Waals surface area contributed by atoms with Crippen molar-refractivity contribution in [1.82, 2.24) is 19.2 Å². The summed E-state index contributed by atoms with van der Waals surface area (Å²) >= 11 is 0. The number of rotatable bonds is 3. The molecular weight excluding hydrogens is 483 g/mol. The maximum Gasteiger partial charge on any atom is 0.410 e. The van der Waals surface area contributed by atoms with Gasteiger partial charge in [-0.25, -0.2) is 9.78 Å². The van der Waals surface area contributed by atoms with Crippen LogP contribution in [0.4, 0.5) is 4.79 Å². The average Bonchev–Trinajstić information content (AvgIpc) is 3.05. The number of aliphatic imine (C=N–C) groups is 1. The third-order valence-electron chi connectivity index (χ3n) is 4.62. The van der Waals surface area contributed by atoms with Gasteiger partial charge in [0.15, 0.2) is 5.96 Å². The number of carbonyl (C=O) groups excluding carboxylic acids is 1. The van der Waals surface area contributed by atoms with Gasteiger partial charge in [-0.15, -0.1) is 24.0 Å². The Morgan fingerprint density at radius 2 is 1.90 bits per heavy atom. The molecule has 1 aliphatic heterocycles. The highest BCUT2D eigenvalue weighted by Crippen LogP contribution is 2.12. The Balaban J connectivity index is 0.00000300. The number of nitrogens with zero attached hydrogens (tertiary/aromatic N) is 5. The zero-order chi connectivity index (χ0) is 20.3. The zero-order valence-electron chi connectivity index (χ0n) is 17.6. The van der Waals surface area contributed by atoms with Crippen molar-refractivity contribution < 1.29 is 9.53 Å². The van der Waals surface area contributed by atoms with Crippen LogP contribution in [0.15, 0.2) is 29.5 Å². The van der Waals surface area contributed by atoms with Gasteiger partial charge in [-0.2, -0.15) is 0 Å². The Morgan fingerprint density at radius 3 is 2.52 bits per heavy atom. The van der Waals surface area contributed by atoms with Crippen LogP contribution < -0.4 is 5.73 Å². The van der Waals surface area contributed by atoms with Crippen molar-refractivity contribution >= 4 is 41.7 Å². The minimum Gasteiger partial charge on any atom is -0.444 e. The average molecular weight is 514 g/mol. The Morgan fingerprint density at radius 1 is 1.24 bits per heavy atom. The number of halogens is 1. The van der Waals surface area contributed by atoms with Crippen LogP contribution >= 0.6 is 24.0 Å². The Kier molecular flexibility index (Phi) is 7.73. The van der Waals surface area contributed by atoms with E-state index < -0.39 is 5.60 Å². The van der Waals surface area contributed by atoms with Gasteiger partial charge < -0.3 is 24.7 Å². The highest BCUT2D eigenvalue weighted by atomic mass is 127. The minimum absolute atomic E-state index is 0. The zero-order valence-corrected chi connectivity index (χ0v) is 19.9. The molecule has 1 aliphatic rings. The first-order valence-electron chi connectivity index (χ1n) is 9.69. The molecule has 8 nitrogen and oxygen atoms in total. The summed E-state index contributed by atoms with van der Waals surface area (Å²) in [4.78, 5) is 25.0. The molecule has 1 saturated heterocycles. The van der Waals surface area contributed by atoms with Gasteiger partial charge in [0.2, 0.25) is 0 Å². The number of guanidine groups is 1. The molecule has 3 heterocycles. The van der Waals surface area contributed by atoms with Crippen molar-refractivity contribution in [3.05, 3.63) is 35.8 Å². The summed E-state index contributed by atoms with van der Waals surface area (Å²) in [6.45, 7) is 10.7. The highest BCUT2D eigenvalue weighted by Gasteiger charge is 2.26. The number of amides is 1. The fraction of sp³-hybridized carbons (Fsp3) is 0.550. The second-order valence-electron chi connectivity index (χ2n) is 8.10. The number of nitrogens with two attached hydrogens (primary N) is 1. The van der Waals surface area contributed by atoms with Crippen molar-refractivity contribution in [2.75, 3.05) is 32.7 Å². The maximum atomic E-state index is 12.1. The van der Waals surface area contributed by atoms with E-state index in [0.717, 1.165) is 23.3 Å². The lowest BCUT2D eigenvalue weighted by Crippen LogP contribution is -2.53. The van der Waals surface area contributed by atoms with E-state index in [1.807, 2.05) is 48.5 Å². The number of aryl methyl sites for hydroxylation is 1. The third kappa shape index (κ3) is 6.22. The topological polar surface area (TPSA) is 88.5 Å². The molecule has 2 aromatic rings. The van der Waals surface area contributed by atoms with Crippen molar-refractivity contribution in [2.24, 2.45) is 10.7 Å². The van der Waals surface area contributed by atoms with E-state index in [0.29, 0.717) is 38.7 Å². The standard InChI is InChI=1S/C20H30N6O2.HI/c1-15-6-5-9-26-14-16(23-17(15)26)7-8-22-18(21)24-10-12-25(13-11-24)19(27)28-20(2,3)4;/h5-6,9,14H,7-8,10-13H2,1-4H3,(H2,21,22);1H. The second-order valence-corrected chi connectivity index (χ2v) is 8.10. The number of ether oxygens (including phenoxy) is 1. The van der Waals surface area contributed by atoms with Crippen LogP contribution in [0.25, 0.3) is 5.65 Å². The van der Waals surface area contributed by atoms with Gasteiger partial charge in [-0.1, -0.05) is 6.07 Å². The quantitative estimate of drug-likeness (QED) is 0.387. The van der Waals surface area contributed by atoms with Crippen molar-refractivity contribution in [1.29, 1.82) is 0 Å². The number of hydrogen-bond donors (Lipinski definition) is 1. The van der Waals surface area contributed by atoms with Crippen LogP contribution in [0.3, 0.4) is 0 Å². The third-order valence-corrected chi connectivity index (χ3v) is 4.62. The minimum atomic E-state index is -0.481. The smallest absolute Gasteiger partial charge is 0.410 e. The lowest BCUT2D eigenvalue weighted by molar-refractivity contribution is 0.0186. The van der Waals surface area contributed by atoms with Crippen LogP contribution in [-0.2, 0) is 11.2 Å². The molecule has 0 atom stereocenters. The van der Waals surface area contributed by atoms with E-state index in [1.165, 1.54) is 0 Å². The molecule has 0 radical (unpaired) electrons. The molecule has 29 heavy (non-hydrogen) atoms. The number of hydrogen-bond acceptors (Lipinski definition) is 4. The summed E-state index contributed by atoms with van der Waals surface area (Å²) in [6.07, 6.45) is 4.50. The van der Waals surface area contributed by atoms with Gasteiger partial charge in [0, 0.05) is 51.5 Å². The molecule has 2 N–H and O–H groups in total. The largest absolute Gasteiger partial charge is 0.444 e. The summed E-state index contributed by atoms with van der Waals surface area (Å²) in [5.41, 5.74) is 8.80. The van der Waals surface area contributed by atoms with Crippen LogP contribution in [-0.4, -0.2) is 69.6 Å². The highest BCUT2D eigenvalue weighted by molar-refractivity contribution is 14.0. The Bertz CT molecular complexity index is 865. The molecular formula is C20H31IN6O2. The number of piperazine rings is 1. The molecule has 0 unspecified atom stereocenters. The van der Waals surface area contributed by atoms with Gasteiger partial charge in [-0.05, 0) is 39.3 Å². The lowest BCUT2D eigenvalue weighted by Gasteiger charge is -2.36. The summed E-state index contributed by atoms with van der Waals surface area (Å²) in [5, 5.41) is 0. The fourth-order valence-electron chi connectivity index (χ4n) is 3.15. The number of fused-ring (bicyclic) bond motifs is 1. The maximum absolute atomic E-state index is 12.1. The monoisotopic (exact) mass is 514 g/mol. The first-order valence-corrected chi connectivity index (χ1v) is 9.69. The number of carbonyl (C=O) groups is 1. The van der Waals surface area contributed by atoms with Gasteiger partial charge in [0.1, 0.15) is 11.2 Å². The molecule has 2 aromatic heterocycles. The molecule has 160 valence electrons. The lowest BCUT2D eigenvalue weighted by atomic mass is 10.2. The molecule has 9 heteroatoms. The van der Waals surface area contributed by atoms with Gasteiger partial charge >= 0.3 is 6.09 Å². The number of aromatic nitrogens is 2. The summed E-state index contributed by atoms with van der Waals surface area (Å²) in [6, 6.07) is 4.07. The molecule has 1 amide bonds. The van der Waals surface area contributed by atoms with E-state index >= 15 is 0 Å². The number of pyridine rings is 1. The first-order chi connectivity index (χ1) is 13.2. The molecule has 1 fully saturated rings. The molecule has 0 bridgehead atoms. The van der Waals surface area contributed by atoms with Crippen LogP contribution in [0.2, 0.25) is 0 Å². The summed E-state index contributed by atoms with van der Waals surface area (Å²) < 4.78 is 7.45. The molecule has 0 spiro atoms. The predicted molar refractivity (Wildman–Crippen MR) is 125 cm³/mol. The first kappa shape index (κ1) is 23.2. The second kappa shape index (κ2) is 9.64. The Labute approximate surface area is 189 Å². The Hall–Kier alpha value is -2.04. The molecule has 0 saturated carbocycles. The predicted octanol–water partition coefficient (Wildman–Crippen LogP) is 2.67. The van der Waals surface area contributed by atoms with Crippen LogP contribution in [0, 0.1) is 6.92 Å². The van der Waals surface area contributed by atoms with Crippen LogP contribution in [0.5, 0.6) is 0 Å². The van der Waals surface area contributed by atoms with Gasteiger partial charge in [0.05, 0.1) is 5.69 Å². The van der Waals surface area contributed by atoms with Gasteiger partial charge in [0.25, 0.3) is 0 Å². The van der Waals surface area contributed by atoms with Crippen molar-refractivity contribution in [2.45, 2.75) is 39.7 Å². The van der Waals surface area contributed by atoms with Crippen molar-refractivity contribution in [3.8, 4) is 0 Å². The van der Waals surface area contributed by atoms with Crippen LogP contribution in [0.1, 0.15) is 32.0 Å². The molecule has 0 aliphatic carbocycles. The van der Waals surface area contributed by atoms with E-state index in [1.54, 1.807) is 4.90 Å². The molecule has 3 rings (SSSR count). The SMILES string of the molecule is Cc1cccn2cc(CCN=C(N)N3CCN(C(=O)OC(C)(C)C)CC3)nc12.I. The summed E-state index contributed by atoms with van der Waals surface area (Å²) in [7, 11) is 0. The van der Waals surface area contributed by atoms with E-state index in [9.17, 15) is 4.79 Å². The normalized spacial score (nSPS) is 15.4. The number of imidazole rings is 1. The van der Waals surface area contributed by atoms with E-state index in [2.05, 4.69) is 23.0 Å². The summed E-state index contributed by atoms with van der Waals surface area (Å²) in [5.74, 6) is 0.517. The van der Waals surface area contributed by atoms with E-state index in [-0.39, 0.29) is 30.1 Å². The van der Waals surface area contributed by atoms with E-state index in [4.69, 9.17) is 10.5 Å². The van der Waals surface area contributed by atoms with Crippen molar-refractivity contribution in [3.63, 3.8) is 0 Å².